The maximum atomic E-state index is 12.6. The summed E-state index contributed by atoms with van der Waals surface area (Å²) in [4.78, 5) is 12.6. The molecule has 0 aromatic carbocycles. The normalized spacial score (nSPS) is 13.9. The molecule has 0 heterocycles. The van der Waals surface area contributed by atoms with E-state index in [2.05, 4.69) is 71.3 Å². The Morgan fingerprint density at radius 3 is 1.54 bits per heavy atom. The molecule has 0 aromatic rings. The summed E-state index contributed by atoms with van der Waals surface area (Å²) in [7, 11) is 3.96. The molecule has 4 nitrogen and oxygen atoms in total. The Morgan fingerprint density at radius 2 is 1.12 bits per heavy atom. The van der Waals surface area contributed by atoms with Crippen molar-refractivity contribution in [2.75, 3.05) is 27.2 Å². The van der Waals surface area contributed by atoms with Gasteiger partial charge in [-0.2, -0.15) is 0 Å². The fourth-order valence-electron chi connectivity index (χ4n) is 4.54. The monoisotopic (exact) mass is 341 g/mol. The Bertz CT molecular complexity index is 362. The fraction of sp³-hybridized carbons (Fsp3) is 0.950. The van der Waals surface area contributed by atoms with Gasteiger partial charge in [0.25, 0.3) is 0 Å². The van der Waals surface area contributed by atoms with E-state index in [9.17, 15) is 4.79 Å². The number of amides is 1. The van der Waals surface area contributed by atoms with E-state index in [1.54, 1.807) is 0 Å². The van der Waals surface area contributed by atoms with E-state index in [0.717, 1.165) is 25.9 Å². The zero-order chi connectivity index (χ0) is 19.2. The second-order valence-electron chi connectivity index (χ2n) is 10.5. The Balaban J connectivity index is 4.70. The Kier molecular flexibility index (Phi) is 8.44. The summed E-state index contributed by atoms with van der Waals surface area (Å²) in [6, 6.07) is 0. The van der Waals surface area contributed by atoms with Crippen LogP contribution in [-0.2, 0) is 4.79 Å². The van der Waals surface area contributed by atoms with Gasteiger partial charge >= 0.3 is 0 Å². The topological polar surface area (TPSA) is 53.2 Å². The number of carbonyl (C=O) groups is 1. The van der Waals surface area contributed by atoms with Gasteiger partial charge in [0, 0.05) is 18.5 Å². The summed E-state index contributed by atoms with van der Waals surface area (Å²) >= 11 is 0. The number of rotatable bonds is 11. The van der Waals surface area contributed by atoms with E-state index in [4.69, 9.17) is 0 Å². The molecule has 0 radical (unpaired) electrons. The first-order valence-electron chi connectivity index (χ1n) is 9.24. The Labute approximate surface area is 150 Å². The minimum Gasteiger partial charge on any atom is -0.351 e. The largest absolute Gasteiger partial charge is 0.351 e. The SMILES string of the molecule is CNCC(C)(C)CC(C)(C)CC(=O)NC(C)(C)CC(C)(C)CNC. The van der Waals surface area contributed by atoms with Crippen LogP contribution in [0.1, 0.15) is 74.7 Å². The minimum absolute atomic E-state index is 0.0129. The van der Waals surface area contributed by atoms with Gasteiger partial charge in [-0.05, 0) is 63.6 Å². The average molecular weight is 342 g/mol. The van der Waals surface area contributed by atoms with E-state index < -0.39 is 0 Å². The average Bonchev–Trinajstić information content (AvgIpc) is 2.21. The van der Waals surface area contributed by atoms with Crippen molar-refractivity contribution in [2.24, 2.45) is 16.2 Å². The summed E-state index contributed by atoms with van der Waals surface area (Å²) in [5.41, 5.74) is 0.119. The Morgan fingerprint density at radius 1 is 0.708 bits per heavy atom. The molecule has 0 aliphatic carbocycles. The van der Waals surface area contributed by atoms with E-state index in [-0.39, 0.29) is 27.7 Å². The van der Waals surface area contributed by atoms with Crippen molar-refractivity contribution in [1.82, 2.24) is 16.0 Å². The molecule has 0 fully saturated rings. The minimum atomic E-state index is -0.200. The second kappa shape index (κ2) is 8.66. The lowest BCUT2D eigenvalue weighted by Crippen LogP contribution is -2.48. The first-order chi connectivity index (χ1) is 10.6. The van der Waals surface area contributed by atoms with Crippen LogP contribution in [0.2, 0.25) is 0 Å². The third-order valence-electron chi connectivity index (χ3n) is 4.31. The zero-order valence-electron chi connectivity index (χ0n) is 17.9. The first kappa shape index (κ1) is 23.4. The van der Waals surface area contributed by atoms with Gasteiger partial charge in [-0.1, -0.05) is 41.5 Å². The smallest absolute Gasteiger partial charge is 0.220 e. The Hall–Kier alpha value is -0.610. The van der Waals surface area contributed by atoms with Gasteiger partial charge in [0.2, 0.25) is 5.91 Å². The van der Waals surface area contributed by atoms with Crippen molar-refractivity contribution in [3.63, 3.8) is 0 Å². The zero-order valence-corrected chi connectivity index (χ0v) is 17.9. The predicted octanol–water partition coefficient (Wildman–Crippen LogP) is 3.57. The summed E-state index contributed by atoms with van der Waals surface area (Å²) in [6.07, 6.45) is 2.52. The second-order valence-corrected chi connectivity index (χ2v) is 10.5. The molecule has 0 saturated heterocycles. The van der Waals surface area contributed by atoms with Gasteiger partial charge < -0.3 is 16.0 Å². The van der Waals surface area contributed by atoms with E-state index in [0.29, 0.717) is 6.42 Å². The van der Waals surface area contributed by atoms with Crippen molar-refractivity contribution in [3.05, 3.63) is 0 Å². The summed E-state index contributed by atoms with van der Waals surface area (Å²) in [6.45, 7) is 19.5. The lowest BCUT2D eigenvalue weighted by molar-refractivity contribution is -0.125. The number of hydrogen-bond acceptors (Lipinski definition) is 3. The molecule has 24 heavy (non-hydrogen) atoms. The third-order valence-corrected chi connectivity index (χ3v) is 4.31. The van der Waals surface area contributed by atoms with Crippen LogP contribution in [0.15, 0.2) is 0 Å². The molecule has 0 aromatic heterocycles. The number of carbonyl (C=O) groups excluding carboxylic acids is 1. The van der Waals surface area contributed by atoms with Crippen LogP contribution < -0.4 is 16.0 Å². The molecule has 0 bridgehead atoms. The van der Waals surface area contributed by atoms with E-state index in [1.165, 1.54) is 0 Å². The highest BCUT2D eigenvalue weighted by Crippen LogP contribution is 2.36. The van der Waals surface area contributed by atoms with E-state index in [1.807, 2.05) is 14.1 Å². The van der Waals surface area contributed by atoms with Gasteiger partial charge in [-0.25, -0.2) is 0 Å². The predicted molar refractivity (Wildman–Crippen MR) is 105 cm³/mol. The van der Waals surface area contributed by atoms with Crippen LogP contribution in [0, 0.1) is 16.2 Å². The summed E-state index contributed by atoms with van der Waals surface area (Å²) < 4.78 is 0. The van der Waals surface area contributed by atoms with Crippen LogP contribution in [0.5, 0.6) is 0 Å². The fourth-order valence-corrected chi connectivity index (χ4v) is 4.54. The molecule has 0 unspecified atom stereocenters. The molecule has 0 atom stereocenters. The maximum absolute atomic E-state index is 12.6. The molecule has 0 aliphatic heterocycles. The first-order valence-corrected chi connectivity index (χ1v) is 9.24. The third kappa shape index (κ3) is 10.3. The highest BCUT2D eigenvalue weighted by molar-refractivity contribution is 5.77. The number of hydrogen-bond donors (Lipinski definition) is 3. The molecule has 144 valence electrons. The highest BCUT2D eigenvalue weighted by atomic mass is 16.1. The maximum Gasteiger partial charge on any atom is 0.220 e. The molecule has 0 saturated carbocycles. The summed E-state index contributed by atoms with van der Waals surface area (Å²) in [5.74, 6) is 0.158. The van der Waals surface area contributed by atoms with Crippen LogP contribution in [0.4, 0.5) is 0 Å². The molecule has 4 heteroatoms. The molecule has 1 amide bonds. The molecule has 0 spiro atoms. The quantitative estimate of drug-likeness (QED) is 0.538. The molecular formula is C20H43N3O. The molecular weight excluding hydrogens is 298 g/mol. The van der Waals surface area contributed by atoms with Crippen LogP contribution in [0.3, 0.4) is 0 Å². The van der Waals surface area contributed by atoms with Crippen molar-refractivity contribution in [3.8, 4) is 0 Å². The number of nitrogens with one attached hydrogen (secondary N) is 3. The van der Waals surface area contributed by atoms with Crippen molar-refractivity contribution < 1.29 is 4.79 Å². The molecule has 0 rings (SSSR count). The lowest BCUT2D eigenvalue weighted by atomic mass is 9.73. The van der Waals surface area contributed by atoms with Crippen LogP contribution in [-0.4, -0.2) is 38.6 Å². The van der Waals surface area contributed by atoms with Gasteiger partial charge in [0.05, 0.1) is 0 Å². The van der Waals surface area contributed by atoms with E-state index >= 15 is 0 Å². The highest BCUT2D eigenvalue weighted by Gasteiger charge is 2.33. The van der Waals surface area contributed by atoms with Gasteiger partial charge in [0.1, 0.15) is 0 Å². The van der Waals surface area contributed by atoms with Crippen molar-refractivity contribution in [2.45, 2.75) is 80.2 Å². The van der Waals surface area contributed by atoms with Crippen LogP contribution in [0.25, 0.3) is 0 Å². The standard InChI is InChI=1S/C20H43N3O/c1-17(2,12-18(3,4)14-21-9)11-16(24)23-20(7,8)13-19(5,6)15-22-10/h21-22H,11-15H2,1-10H3,(H,23,24). The van der Waals surface area contributed by atoms with Gasteiger partial charge in [-0.15, -0.1) is 0 Å². The summed E-state index contributed by atoms with van der Waals surface area (Å²) in [5, 5.41) is 9.76. The molecule has 3 N–H and O–H groups in total. The van der Waals surface area contributed by atoms with Gasteiger partial charge in [0.15, 0.2) is 0 Å². The van der Waals surface area contributed by atoms with Crippen molar-refractivity contribution in [1.29, 1.82) is 0 Å². The lowest BCUT2D eigenvalue weighted by Gasteiger charge is -2.38. The molecule has 0 aliphatic rings. The van der Waals surface area contributed by atoms with Crippen LogP contribution >= 0.6 is 0 Å². The van der Waals surface area contributed by atoms with Crippen molar-refractivity contribution >= 4 is 5.91 Å². The van der Waals surface area contributed by atoms with Gasteiger partial charge in [-0.3, -0.25) is 4.79 Å².